The highest BCUT2D eigenvalue weighted by molar-refractivity contribution is 5.97. The highest BCUT2D eigenvalue weighted by Gasteiger charge is 2.23. The topological polar surface area (TPSA) is 76.7 Å². The van der Waals surface area contributed by atoms with E-state index in [2.05, 4.69) is 10.6 Å². The molecule has 1 aliphatic heterocycles. The third-order valence-electron chi connectivity index (χ3n) is 3.16. The van der Waals surface area contributed by atoms with Crippen molar-refractivity contribution < 1.29 is 19.1 Å². The maximum Gasteiger partial charge on any atom is 0.251 e. The number of carbonyl (C=O) groups is 2. The Morgan fingerprint density at radius 1 is 1.15 bits per heavy atom. The molecule has 1 aromatic rings. The van der Waals surface area contributed by atoms with Crippen LogP contribution in [0, 0.1) is 0 Å². The fourth-order valence-corrected chi connectivity index (χ4v) is 1.95. The third kappa shape index (κ3) is 3.01. The molecule has 1 aromatic carbocycles. The normalized spacial score (nSPS) is 16.4. The van der Waals surface area contributed by atoms with E-state index in [0.29, 0.717) is 36.3 Å². The minimum atomic E-state index is -0.298. The molecule has 1 saturated carbocycles. The molecule has 0 saturated heterocycles. The van der Waals surface area contributed by atoms with Crippen molar-refractivity contribution in [2.75, 3.05) is 19.8 Å². The van der Waals surface area contributed by atoms with Crippen molar-refractivity contribution in [3.05, 3.63) is 23.8 Å². The first-order chi connectivity index (χ1) is 9.72. The number of nitrogens with one attached hydrogen (secondary N) is 2. The van der Waals surface area contributed by atoms with Crippen LogP contribution in [0.25, 0.3) is 0 Å². The average Bonchev–Trinajstić information content (AvgIpc) is 3.28. The summed E-state index contributed by atoms with van der Waals surface area (Å²) in [5.74, 6) is 0.747. The Kier molecular flexibility index (Phi) is 3.45. The molecular weight excluding hydrogens is 260 g/mol. The van der Waals surface area contributed by atoms with E-state index in [-0.39, 0.29) is 18.4 Å². The van der Waals surface area contributed by atoms with E-state index in [1.54, 1.807) is 18.2 Å². The van der Waals surface area contributed by atoms with E-state index in [9.17, 15) is 9.59 Å². The van der Waals surface area contributed by atoms with Gasteiger partial charge in [0.2, 0.25) is 5.91 Å². The number of carbonyl (C=O) groups excluding carboxylic acids is 2. The van der Waals surface area contributed by atoms with Gasteiger partial charge in [-0.1, -0.05) is 0 Å². The standard InChI is InChI=1S/C14H16N2O4/c17-13(16-10-2-3-10)8-15-14(18)9-1-4-11-12(7-9)20-6-5-19-11/h1,4,7,10H,2-3,5-6,8H2,(H,15,18)(H,16,17). The highest BCUT2D eigenvalue weighted by Crippen LogP contribution is 2.30. The zero-order chi connectivity index (χ0) is 13.9. The molecule has 2 amide bonds. The molecule has 1 heterocycles. The summed E-state index contributed by atoms with van der Waals surface area (Å²) >= 11 is 0. The molecule has 2 aliphatic rings. The van der Waals surface area contributed by atoms with Crippen molar-refractivity contribution >= 4 is 11.8 Å². The summed E-state index contributed by atoms with van der Waals surface area (Å²) in [6.45, 7) is 0.978. The number of amides is 2. The lowest BCUT2D eigenvalue weighted by atomic mass is 10.2. The molecule has 0 bridgehead atoms. The fourth-order valence-electron chi connectivity index (χ4n) is 1.95. The molecule has 0 aromatic heterocycles. The molecule has 1 aliphatic carbocycles. The second-order valence-corrected chi connectivity index (χ2v) is 4.88. The molecule has 0 atom stereocenters. The summed E-state index contributed by atoms with van der Waals surface area (Å²) < 4.78 is 10.8. The van der Waals surface area contributed by atoms with Crippen molar-refractivity contribution in [1.29, 1.82) is 0 Å². The lowest BCUT2D eigenvalue weighted by Gasteiger charge is -2.18. The summed E-state index contributed by atoms with van der Waals surface area (Å²) in [6, 6.07) is 5.28. The summed E-state index contributed by atoms with van der Waals surface area (Å²) in [7, 11) is 0. The van der Waals surface area contributed by atoms with Crippen LogP contribution in [-0.4, -0.2) is 37.6 Å². The number of fused-ring (bicyclic) bond motifs is 1. The summed E-state index contributed by atoms with van der Waals surface area (Å²) in [5, 5.41) is 5.40. The number of rotatable bonds is 4. The van der Waals surface area contributed by atoms with Crippen LogP contribution in [0.3, 0.4) is 0 Å². The van der Waals surface area contributed by atoms with Gasteiger partial charge in [-0.2, -0.15) is 0 Å². The number of ether oxygens (including phenoxy) is 2. The molecule has 0 radical (unpaired) electrons. The van der Waals surface area contributed by atoms with Crippen LogP contribution in [-0.2, 0) is 4.79 Å². The molecule has 2 N–H and O–H groups in total. The fraction of sp³-hybridized carbons (Fsp3) is 0.429. The largest absolute Gasteiger partial charge is 0.486 e. The number of hydrogen-bond donors (Lipinski definition) is 2. The van der Waals surface area contributed by atoms with Crippen molar-refractivity contribution in [1.82, 2.24) is 10.6 Å². The van der Waals surface area contributed by atoms with Gasteiger partial charge in [-0.05, 0) is 31.0 Å². The van der Waals surface area contributed by atoms with E-state index < -0.39 is 0 Å². The van der Waals surface area contributed by atoms with Crippen LogP contribution in [0.15, 0.2) is 18.2 Å². The predicted molar refractivity (Wildman–Crippen MR) is 70.9 cm³/mol. The van der Waals surface area contributed by atoms with E-state index in [1.807, 2.05) is 0 Å². The molecule has 1 fully saturated rings. The van der Waals surface area contributed by atoms with Crippen LogP contribution in [0.5, 0.6) is 11.5 Å². The van der Waals surface area contributed by atoms with E-state index in [1.165, 1.54) is 0 Å². The van der Waals surface area contributed by atoms with Gasteiger partial charge in [0.05, 0.1) is 6.54 Å². The van der Waals surface area contributed by atoms with Crippen LogP contribution < -0.4 is 20.1 Å². The molecule has 106 valence electrons. The van der Waals surface area contributed by atoms with Crippen LogP contribution in [0.4, 0.5) is 0 Å². The third-order valence-corrected chi connectivity index (χ3v) is 3.16. The van der Waals surface area contributed by atoms with Gasteiger partial charge in [-0.25, -0.2) is 0 Å². The summed E-state index contributed by atoms with van der Waals surface area (Å²) in [5.41, 5.74) is 0.452. The predicted octanol–water partition coefficient (Wildman–Crippen LogP) is 0.466. The second kappa shape index (κ2) is 5.40. The smallest absolute Gasteiger partial charge is 0.251 e. The van der Waals surface area contributed by atoms with Crippen LogP contribution in [0.1, 0.15) is 23.2 Å². The quantitative estimate of drug-likeness (QED) is 0.838. The van der Waals surface area contributed by atoms with Crippen molar-refractivity contribution in [3.63, 3.8) is 0 Å². The Morgan fingerprint density at radius 2 is 1.90 bits per heavy atom. The molecule has 6 nitrogen and oxygen atoms in total. The van der Waals surface area contributed by atoms with Crippen LogP contribution >= 0.6 is 0 Å². The summed E-state index contributed by atoms with van der Waals surface area (Å²) in [4.78, 5) is 23.4. The van der Waals surface area contributed by atoms with E-state index in [0.717, 1.165) is 12.8 Å². The Labute approximate surface area is 116 Å². The van der Waals surface area contributed by atoms with Gasteiger partial charge < -0.3 is 20.1 Å². The molecular formula is C14H16N2O4. The first-order valence-electron chi connectivity index (χ1n) is 6.69. The first kappa shape index (κ1) is 12.8. The van der Waals surface area contributed by atoms with Crippen LogP contribution in [0.2, 0.25) is 0 Å². The number of hydrogen-bond acceptors (Lipinski definition) is 4. The van der Waals surface area contributed by atoms with Gasteiger partial charge in [0.15, 0.2) is 11.5 Å². The molecule has 20 heavy (non-hydrogen) atoms. The van der Waals surface area contributed by atoms with Gasteiger partial charge >= 0.3 is 0 Å². The molecule has 6 heteroatoms. The minimum Gasteiger partial charge on any atom is -0.486 e. The number of benzene rings is 1. The van der Waals surface area contributed by atoms with Crippen molar-refractivity contribution in [2.45, 2.75) is 18.9 Å². The van der Waals surface area contributed by atoms with E-state index in [4.69, 9.17) is 9.47 Å². The molecule has 0 unspecified atom stereocenters. The van der Waals surface area contributed by atoms with Gasteiger partial charge in [0.25, 0.3) is 5.91 Å². The summed E-state index contributed by atoms with van der Waals surface area (Å²) in [6.07, 6.45) is 2.06. The Hall–Kier alpha value is -2.24. The zero-order valence-electron chi connectivity index (χ0n) is 11.0. The van der Waals surface area contributed by atoms with Gasteiger partial charge in [0.1, 0.15) is 13.2 Å². The maximum absolute atomic E-state index is 11.9. The SMILES string of the molecule is O=C(CNC(=O)c1ccc2c(c1)OCCO2)NC1CC1. The molecule has 0 spiro atoms. The monoisotopic (exact) mass is 276 g/mol. The highest BCUT2D eigenvalue weighted by atomic mass is 16.6. The van der Waals surface area contributed by atoms with Gasteiger partial charge in [-0.3, -0.25) is 9.59 Å². The Bertz CT molecular complexity index is 540. The zero-order valence-corrected chi connectivity index (χ0v) is 11.0. The first-order valence-corrected chi connectivity index (χ1v) is 6.69. The second-order valence-electron chi connectivity index (χ2n) is 4.88. The Balaban J connectivity index is 1.57. The Morgan fingerprint density at radius 3 is 2.65 bits per heavy atom. The van der Waals surface area contributed by atoms with Crippen molar-refractivity contribution in [2.24, 2.45) is 0 Å². The van der Waals surface area contributed by atoms with Gasteiger partial charge in [0, 0.05) is 11.6 Å². The average molecular weight is 276 g/mol. The lowest BCUT2D eigenvalue weighted by molar-refractivity contribution is -0.120. The van der Waals surface area contributed by atoms with Gasteiger partial charge in [-0.15, -0.1) is 0 Å². The molecule has 3 rings (SSSR count). The lowest BCUT2D eigenvalue weighted by Crippen LogP contribution is -2.37. The minimum absolute atomic E-state index is 0.0101. The maximum atomic E-state index is 11.9. The van der Waals surface area contributed by atoms with Crippen molar-refractivity contribution in [3.8, 4) is 11.5 Å². The van der Waals surface area contributed by atoms with E-state index >= 15 is 0 Å².